The highest BCUT2D eigenvalue weighted by molar-refractivity contribution is 6.31. The van der Waals surface area contributed by atoms with Crippen LogP contribution in [-0.4, -0.2) is 13.1 Å². The Bertz CT molecular complexity index is 859. The van der Waals surface area contributed by atoms with Gasteiger partial charge >= 0.3 is 12.1 Å². The molecule has 25 heavy (non-hydrogen) atoms. The molecule has 2 aromatic rings. The first-order valence-corrected chi connectivity index (χ1v) is 7.61. The van der Waals surface area contributed by atoms with Crippen LogP contribution in [0, 0.1) is 0 Å². The summed E-state index contributed by atoms with van der Waals surface area (Å²) >= 11 is 5.66. The Kier molecular flexibility index (Phi) is 4.47. The van der Waals surface area contributed by atoms with Gasteiger partial charge in [-0.3, -0.25) is 0 Å². The van der Waals surface area contributed by atoms with Gasteiger partial charge in [-0.25, -0.2) is 4.79 Å². The van der Waals surface area contributed by atoms with Crippen LogP contribution in [0.3, 0.4) is 0 Å². The van der Waals surface area contributed by atoms with Crippen molar-refractivity contribution in [2.75, 3.05) is 7.11 Å². The molecule has 1 aliphatic heterocycles. The first kappa shape index (κ1) is 17.4. The van der Waals surface area contributed by atoms with Gasteiger partial charge in [-0.2, -0.15) is 13.2 Å². The molecule has 0 aromatic heterocycles. The van der Waals surface area contributed by atoms with E-state index < -0.39 is 28.8 Å². The van der Waals surface area contributed by atoms with E-state index in [0.29, 0.717) is 11.3 Å². The van der Waals surface area contributed by atoms with Crippen molar-refractivity contribution in [1.29, 1.82) is 0 Å². The molecule has 0 radical (unpaired) electrons. The second-order valence-corrected chi connectivity index (χ2v) is 5.77. The minimum atomic E-state index is -4.62. The highest BCUT2D eigenvalue weighted by atomic mass is 35.5. The summed E-state index contributed by atoms with van der Waals surface area (Å²) in [6.45, 7) is 0. The molecule has 0 spiro atoms. The number of rotatable bonds is 2. The van der Waals surface area contributed by atoms with Gasteiger partial charge in [0.25, 0.3) is 0 Å². The molecular weight excluding hydrogens is 357 g/mol. The van der Waals surface area contributed by atoms with Gasteiger partial charge < -0.3 is 9.47 Å². The van der Waals surface area contributed by atoms with Gasteiger partial charge in [0.1, 0.15) is 5.75 Å². The third kappa shape index (κ3) is 3.35. The van der Waals surface area contributed by atoms with Crippen molar-refractivity contribution in [3.63, 3.8) is 0 Å². The van der Waals surface area contributed by atoms with E-state index in [0.717, 1.165) is 12.1 Å². The monoisotopic (exact) mass is 368 g/mol. The van der Waals surface area contributed by atoms with Crippen molar-refractivity contribution in [3.8, 4) is 5.75 Å². The maximum Gasteiger partial charge on any atom is 0.417 e. The first-order chi connectivity index (χ1) is 11.8. The second-order valence-electron chi connectivity index (χ2n) is 5.36. The van der Waals surface area contributed by atoms with Gasteiger partial charge in [-0.15, -0.1) is 0 Å². The largest absolute Gasteiger partial charge is 0.480 e. The molecule has 2 aromatic carbocycles. The number of carbonyl (C=O) groups excluding carboxylic acids is 1. The number of hydrogen-bond donors (Lipinski definition) is 0. The molecule has 0 bridgehead atoms. The van der Waals surface area contributed by atoms with Gasteiger partial charge in [0.15, 0.2) is 6.10 Å². The lowest BCUT2D eigenvalue weighted by molar-refractivity contribution is -0.137. The molecule has 0 saturated heterocycles. The van der Waals surface area contributed by atoms with E-state index in [-0.39, 0.29) is 11.1 Å². The van der Waals surface area contributed by atoms with Crippen molar-refractivity contribution >= 4 is 23.6 Å². The van der Waals surface area contributed by atoms with Crippen molar-refractivity contribution in [2.24, 2.45) is 0 Å². The molecule has 0 amide bonds. The van der Waals surface area contributed by atoms with E-state index >= 15 is 0 Å². The highest BCUT2D eigenvalue weighted by Crippen LogP contribution is 2.41. The predicted octanol–water partition coefficient (Wildman–Crippen LogP) is 5.05. The number of fused-ring (bicyclic) bond motifs is 1. The number of para-hydroxylation sites is 1. The van der Waals surface area contributed by atoms with Crippen LogP contribution in [0.25, 0.3) is 6.08 Å². The minimum Gasteiger partial charge on any atom is -0.480 e. The van der Waals surface area contributed by atoms with Crippen molar-refractivity contribution in [1.82, 2.24) is 0 Å². The number of carbonyl (C=O) groups is 1. The molecule has 0 fully saturated rings. The maximum atomic E-state index is 13.1. The zero-order valence-corrected chi connectivity index (χ0v) is 13.7. The van der Waals surface area contributed by atoms with E-state index in [2.05, 4.69) is 0 Å². The van der Waals surface area contributed by atoms with E-state index in [4.69, 9.17) is 21.1 Å². The Morgan fingerprint density at radius 3 is 2.60 bits per heavy atom. The van der Waals surface area contributed by atoms with E-state index in [1.807, 2.05) is 0 Å². The van der Waals surface area contributed by atoms with Gasteiger partial charge in [0, 0.05) is 5.56 Å². The Hall–Kier alpha value is -2.47. The van der Waals surface area contributed by atoms with Crippen LogP contribution in [0.1, 0.15) is 22.8 Å². The number of halogens is 4. The third-order valence-corrected chi connectivity index (χ3v) is 4.11. The van der Waals surface area contributed by atoms with Crippen molar-refractivity contribution in [3.05, 3.63) is 69.8 Å². The van der Waals surface area contributed by atoms with Crippen molar-refractivity contribution < 1.29 is 27.4 Å². The fourth-order valence-corrected chi connectivity index (χ4v) is 2.82. The fourth-order valence-electron chi connectivity index (χ4n) is 2.60. The lowest BCUT2D eigenvalue weighted by atomic mass is 9.95. The summed E-state index contributed by atoms with van der Waals surface area (Å²) in [6, 6.07) is 10.3. The topological polar surface area (TPSA) is 35.5 Å². The molecule has 0 aliphatic carbocycles. The number of hydrogen-bond acceptors (Lipinski definition) is 3. The third-order valence-electron chi connectivity index (χ3n) is 3.78. The first-order valence-electron chi connectivity index (χ1n) is 7.23. The van der Waals surface area contributed by atoms with Crippen LogP contribution >= 0.6 is 11.6 Å². The maximum absolute atomic E-state index is 13.1. The molecule has 7 heteroatoms. The zero-order chi connectivity index (χ0) is 18.2. The van der Waals surface area contributed by atoms with E-state index in [1.54, 1.807) is 30.3 Å². The SMILES string of the molecule is COC(=O)C1=Cc2ccccc2OC1c1ccc(Cl)c(C(F)(F)F)c1. The predicted molar refractivity (Wildman–Crippen MR) is 86.3 cm³/mol. The molecule has 1 heterocycles. The number of esters is 1. The van der Waals surface area contributed by atoms with E-state index in [1.165, 1.54) is 13.2 Å². The summed E-state index contributed by atoms with van der Waals surface area (Å²) in [5, 5.41) is -0.420. The zero-order valence-electron chi connectivity index (χ0n) is 12.9. The van der Waals surface area contributed by atoms with Crippen LogP contribution in [-0.2, 0) is 15.7 Å². The molecule has 3 rings (SSSR count). The quantitative estimate of drug-likeness (QED) is 0.696. The molecule has 1 unspecified atom stereocenters. The summed E-state index contributed by atoms with van der Waals surface area (Å²) < 4.78 is 49.9. The summed E-state index contributed by atoms with van der Waals surface area (Å²) in [4.78, 5) is 12.1. The average molecular weight is 369 g/mol. The lowest BCUT2D eigenvalue weighted by Crippen LogP contribution is -2.22. The summed E-state index contributed by atoms with van der Waals surface area (Å²) in [5.41, 5.74) is -0.0815. The van der Waals surface area contributed by atoms with Gasteiger partial charge in [0.05, 0.1) is 23.3 Å². The summed E-state index contributed by atoms with van der Waals surface area (Å²) in [5.74, 6) is -0.216. The van der Waals surface area contributed by atoms with Crippen molar-refractivity contribution in [2.45, 2.75) is 12.3 Å². The number of alkyl halides is 3. The Morgan fingerprint density at radius 1 is 1.20 bits per heavy atom. The minimum absolute atomic E-state index is 0.108. The second kappa shape index (κ2) is 6.44. The number of ether oxygens (including phenoxy) is 2. The van der Waals surface area contributed by atoms with E-state index in [9.17, 15) is 18.0 Å². The molecule has 130 valence electrons. The average Bonchev–Trinajstić information content (AvgIpc) is 2.59. The van der Waals surface area contributed by atoms with Gasteiger partial charge in [-0.1, -0.05) is 35.9 Å². The van der Waals surface area contributed by atoms with Crippen LogP contribution in [0.4, 0.5) is 13.2 Å². The van der Waals surface area contributed by atoms with Crippen LogP contribution in [0.5, 0.6) is 5.75 Å². The molecule has 1 atom stereocenters. The standard InChI is InChI=1S/C18H12ClF3O3/c1-24-17(23)12-8-10-4-2-3-5-15(10)25-16(12)11-6-7-14(19)13(9-11)18(20,21)22/h2-9,16H,1H3. The lowest BCUT2D eigenvalue weighted by Gasteiger charge is -2.27. The number of benzene rings is 2. The molecule has 0 N–H and O–H groups in total. The Balaban J connectivity index is 2.11. The molecular formula is C18H12ClF3O3. The van der Waals surface area contributed by atoms with Gasteiger partial charge in [0.2, 0.25) is 0 Å². The smallest absolute Gasteiger partial charge is 0.417 e. The van der Waals surface area contributed by atoms with Crippen LogP contribution in [0.2, 0.25) is 5.02 Å². The summed E-state index contributed by atoms with van der Waals surface area (Å²) in [7, 11) is 1.20. The van der Waals surface area contributed by atoms with Crippen LogP contribution in [0.15, 0.2) is 48.0 Å². The van der Waals surface area contributed by atoms with Gasteiger partial charge in [-0.05, 0) is 29.8 Å². The van der Waals surface area contributed by atoms with Crippen LogP contribution < -0.4 is 4.74 Å². The molecule has 3 nitrogen and oxygen atoms in total. The summed E-state index contributed by atoms with van der Waals surface area (Å²) in [6.07, 6.45) is -4.09. The Morgan fingerprint density at radius 2 is 1.92 bits per heavy atom. The highest BCUT2D eigenvalue weighted by Gasteiger charge is 2.36. The molecule has 1 aliphatic rings. The number of methoxy groups -OCH3 is 1. The normalized spacial score (nSPS) is 16.5. The Labute approximate surface area is 146 Å². The fraction of sp³-hybridized carbons (Fsp3) is 0.167. The molecule has 0 saturated carbocycles.